The topological polar surface area (TPSA) is 17.8 Å². The molecule has 4 aromatic rings. The summed E-state index contributed by atoms with van der Waals surface area (Å²) in [5, 5.41) is 0. The average molecular weight is 424 g/mol. The zero-order valence-electron chi connectivity index (χ0n) is 17.1. The molecule has 0 aliphatic rings. The molecule has 0 fully saturated rings. The fourth-order valence-electron chi connectivity index (χ4n) is 3.59. The molecule has 0 unspecified atom stereocenters. The standard InChI is InChI=1S/C25H20F4N2/c1-15(2)12-13-16-6-3-11-22-24(16)30-25(23-20(28)9-5-10-21(23)29)31(22)14-17-18(26)7-4-8-19(17)27/h3-12H,13-14H2,1-2H3. The van der Waals surface area contributed by atoms with Crippen LogP contribution >= 0.6 is 0 Å². The van der Waals surface area contributed by atoms with E-state index in [1.807, 2.05) is 26.0 Å². The third kappa shape index (κ3) is 3.98. The molecule has 158 valence electrons. The van der Waals surface area contributed by atoms with Crippen LogP contribution in [0, 0.1) is 23.3 Å². The van der Waals surface area contributed by atoms with Crippen molar-refractivity contribution in [2.75, 3.05) is 0 Å². The number of halogens is 4. The molecule has 31 heavy (non-hydrogen) atoms. The highest BCUT2D eigenvalue weighted by Gasteiger charge is 2.22. The lowest BCUT2D eigenvalue weighted by atomic mass is 10.1. The third-order valence-electron chi connectivity index (χ3n) is 5.16. The monoisotopic (exact) mass is 424 g/mol. The highest BCUT2D eigenvalue weighted by atomic mass is 19.1. The zero-order valence-corrected chi connectivity index (χ0v) is 17.1. The molecule has 0 radical (unpaired) electrons. The van der Waals surface area contributed by atoms with Gasteiger partial charge in [0.15, 0.2) is 0 Å². The largest absolute Gasteiger partial charge is 0.319 e. The molecule has 2 nitrogen and oxygen atoms in total. The second-order valence-electron chi connectivity index (χ2n) is 7.59. The van der Waals surface area contributed by atoms with Gasteiger partial charge in [-0.05, 0) is 56.2 Å². The van der Waals surface area contributed by atoms with Gasteiger partial charge in [0.05, 0.1) is 23.1 Å². The van der Waals surface area contributed by atoms with Crippen molar-refractivity contribution in [3.63, 3.8) is 0 Å². The van der Waals surface area contributed by atoms with E-state index < -0.39 is 23.3 Å². The summed E-state index contributed by atoms with van der Waals surface area (Å²) in [6.07, 6.45) is 2.59. The minimum Gasteiger partial charge on any atom is -0.319 e. The van der Waals surface area contributed by atoms with Crippen molar-refractivity contribution in [2.45, 2.75) is 26.8 Å². The van der Waals surface area contributed by atoms with Gasteiger partial charge in [0.1, 0.15) is 29.1 Å². The lowest BCUT2D eigenvalue weighted by Gasteiger charge is -2.12. The first kappa shape index (κ1) is 20.8. The summed E-state index contributed by atoms with van der Waals surface area (Å²) in [4.78, 5) is 4.55. The summed E-state index contributed by atoms with van der Waals surface area (Å²) in [5.41, 5.74) is 2.52. The molecule has 0 aliphatic heterocycles. The number of imidazole rings is 1. The Kier molecular flexibility index (Phi) is 5.63. The van der Waals surface area contributed by atoms with E-state index in [1.165, 1.54) is 16.7 Å². The van der Waals surface area contributed by atoms with Crippen LogP contribution in [0.5, 0.6) is 0 Å². The molecule has 6 heteroatoms. The Hall–Kier alpha value is -3.41. The van der Waals surface area contributed by atoms with Crippen molar-refractivity contribution >= 4 is 11.0 Å². The van der Waals surface area contributed by atoms with Gasteiger partial charge in [-0.1, -0.05) is 35.9 Å². The Balaban J connectivity index is 2.00. The summed E-state index contributed by atoms with van der Waals surface area (Å²) < 4.78 is 59.5. The summed E-state index contributed by atoms with van der Waals surface area (Å²) in [6, 6.07) is 12.5. The molecule has 4 rings (SSSR count). The third-order valence-corrected chi connectivity index (χ3v) is 5.16. The summed E-state index contributed by atoms with van der Waals surface area (Å²) in [6.45, 7) is 3.68. The second-order valence-corrected chi connectivity index (χ2v) is 7.59. The Morgan fingerprint density at radius 2 is 1.42 bits per heavy atom. The van der Waals surface area contributed by atoms with Crippen molar-refractivity contribution in [1.29, 1.82) is 0 Å². The van der Waals surface area contributed by atoms with Gasteiger partial charge in [-0.2, -0.15) is 0 Å². The zero-order chi connectivity index (χ0) is 22.1. The molecular formula is C25H20F4N2. The predicted molar refractivity (Wildman–Crippen MR) is 114 cm³/mol. The second kappa shape index (κ2) is 8.38. The lowest BCUT2D eigenvalue weighted by Crippen LogP contribution is -2.08. The van der Waals surface area contributed by atoms with Crippen LogP contribution in [0.25, 0.3) is 22.4 Å². The van der Waals surface area contributed by atoms with Crippen LogP contribution in [0.4, 0.5) is 17.6 Å². The quantitative estimate of drug-likeness (QED) is 0.254. The highest BCUT2D eigenvalue weighted by molar-refractivity contribution is 5.84. The Morgan fingerprint density at radius 1 is 0.839 bits per heavy atom. The fourth-order valence-corrected chi connectivity index (χ4v) is 3.59. The minimum absolute atomic E-state index is 0.0158. The first-order chi connectivity index (χ1) is 14.9. The van der Waals surface area contributed by atoms with Crippen LogP contribution in [0.15, 0.2) is 66.2 Å². The van der Waals surface area contributed by atoms with Crippen LogP contribution in [-0.4, -0.2) is 9.55 Å². The Bertz CT molecular complexity index is 1260. The Labute approximate surface area is 177 Å². The normalized spacial score (nSPS) is 11.2. The molecule has 0 aliphatic carbocycles. The first-order valence-corrected chi connectivity index (χ1v) is 9.85. The molecule has 1 heterocycles. The van der Waals surface area contributed by atoms with E-state index in [0.717, 1.165) is 35.4 Å². The lowest BCUT2D eigenvalue weighted by molar-refractivity contribution is 0.546. The fraction of sp³-hybridized carbons (Fsp3) is 0.160. The first-order valence-electron chi connectivity index (χ1n) is 9.85. The number of rotatable bonds is 5. The minimum atomic E-state index is -0.795. The van der Waals surface area contributed by atoms with Gasteiger partial charge in [-0.3, -0.25) is 0 Å². The maximum atomic E-state index is 14.6. The average Bonchev–Trinajstić information content (AvgIpc) is 3.07. The van der Waals surface area contributed by atoms with E-state index in [1.54, 1.807) is 12.1 Å². The van der Waals surface area contributed by atoms with E-state index in [-0.39, 0.29) is 23.5 Å². The van der Waals surface area contributed by atoms with E-state index in [2.05, 4.69) is 4.98 Å². The van der Waals surface area contributed by atoms with Gasteiger partial charge in [0.25, 0.3) is 0 Å². The molecule has 0 saturated carbocycles. The highest BCUT2D eigenvalue weighted by Crippen LogP contribution is 2.32. The molecule has 3 aromatic carbocycles. The van der Waals surface area contributed by atoms with Crippen LogP contribution in [-0.2, 0) is 13.0 Å². The number of hydrogen-bond acceptors (Lipinski definition) is 1. The maximum absolute atomic E-state index is 14.6. The molecule has 0 saturated heterocycles. The number of nitrogens with zero attached hydrogens (tertiary/aromatic N) is 2. The number of hydrogen-bond donors (Lipinski definition) is 0. The van der Waals surface area contributed by atoms with E-state index in [4.69, 9.17) is 0 Å². The summed E-state index contributed by atoms with van der Waals surface area (Å²) in [7, 11) is 0. The smallest absolute Gasteiger partial charge is 0.147 e. The van der Waals surface area contributed by atoms with Crippen molar-refractivity contribution in [3.05, 3.63) is 101 Å². The number of allylic oxidation sites excluding steroid dienone is 2. The molecule has 1 aromatic heterocycles. The van der Waals surface area contributed by atoms with Crippen LogP contribution in [0.3, 0.4) is 0 Å². The van der Waals surface area contributed by atoms with Gasteiger partial charge in [0, 0.05) is 5.56 Å². The molecule has 0 atom stereocenters. The SMILES string of the molecule is CC(C)=CCc1cccc2c1nc(-c1c(F)cccc1F)n2Cc1c(F)cccc1F. The van der Waals surface area contributed by atoms with Crippen LogP contribution in [0.2, 0.25) is 0 Å². The molecule has 0 N–H and O–H groups in total. The van der Waals surface area contributed by atoms with Gasteiger partial charge in [-0.15, -0.1) is 0 Å². The van der Waals surface area contributed by atoms with Gasteiger partial charge in [-0.25, -0.2) is 22.5 Å². The van der Waals surface area contributed by atoms with E-state index in [9.17, 15) is 17.6 Å². The van der Waals surface area contributed by atoms with Crippen LogP contribution in [0.1, 0.15) is 25.0 Å². The van der Waals surface area contributed by atoms with Crippen molar-refractivity contribution < 1.29 is 17.6 Å². The van der Waals surface area contributed by atoms with Crippen molar-refractivity contribution in [1.82, 2.24) is 9.55 Å². The summed E-state index contributed by atoms with van der Waals surface area (Å²) in [5.74, 6) is -3.07. The molecule has 0 bridgehead atoms. The van der Waals surface area contributed by atoms with Crippen molar-refractivity contribution in [3.8, 4) is 11.4 Å². The molecule has 0 spiro atoms. The number of aromatic nitrogens is 2. The Morgan fingerprint density at radius 3 is 2.03 bits per heavy atom. The maximum Gasteiger partial charge on any atom is 0.147 e. The van der Waals surface area contributed by atoms with E-state index >= 15 is 0 Å². The van der Waals surface area contributed by atoms with E-state index in [0.29, 0.717) is 17.5 Å². The number of benzene rings is 3. The molecular weight excluding hydrogens is 404 g/mol. The number of para-hydroxylation sites is 1. The van der Waals surface area contributed by atoms with Gasteiger partial charge < -0.3 is 4.57 Å². The van der Waals surface area contributed by atoms with Gasteiger partial charge >= 0.3 is 0 Å². The van der Waals surface area contributed by atoms with Crippen molar-refractivity contribution in [2.24, 2.45) is 0 Å². The summed E-state index contributed by atoms with van der Waals surface area (Å²) >= 11 is 0. The van der Waals surface area contributed by atoms with Gasteiger partial charge in [0.2, 0.25) is 0 Å². The molecule has 0 amide bonds. The predicted octanol–water partition coefficient (Wildman–Crippen LogP) is 6.82. The number of fused-ring (bicyclic) bond motifs is 1. The van der Waals surface area contributed by atoms with Crippen LogP contribution < -0.4 is 0 Å².